The van der Waals surface area contributed by atoms with Gasteiger partial charge in [0.25, 0.3) is 5.91 Å². The first kappa shape index (κ1) is 26.6. The zero-order valence-electron chi connectivity index (χ0n) is 19.5. The van der Waals surface area contributed by atoms with E-state index in [9.17, 15) is 36.2 Å². The molecule has 0 radical (unpaired) electrons. The Kier molecular flexibility index (Phi) is 7.72. The van der Waals surface area contributed by atoms with E-state index in [-0.39, 0.29) is 49.4 Å². The van der Waals surface area contributed by atoms with E-state index in [4.69, 9.17) is 5.73 Å². The fourth-order valence-corrected chi connectivity index (χ4v) is 5.00. The van der Waals surface area contributed by atoms with Crippen molar-refractivity contribution in [1.82, 2.24) is 20.0 Å². The van der Waals surface area contributed by atoms with Gasteiger partial charge in [0.2, 0.25) is 0 Å². The summed E-state index contributed by atoms with van der Waals surface area (Å²) in [7, 11) is 0. The lowest BCUT2D eigenvalue weighted by atomic mass is 10.0. The maximum Gasteiger partial charge on any atom is 0.427 e. The van der Waals surface area contributed by atoms with Crippen molar-refractivity contribution >= 4 is 5.91 Å². The standard InChI is InChI=1S/C23H29F6N5O2/c24-15-11-17(26)16(25)9-13(15)8-14(30)10-19(35)33-6-7-34-18(12-33)20(31-22(34)23(27,28)29)21(36)32-4-2-1-3-5-32/h9,11,14,19,22,31,35H,1-8,10,12,30H2. The summed E-state index contributed by atoms with van der Waals surface area (Å²) < 4.78 is 81.7. The van der Waals surface area contributed by atoms with Crippen LogP contribution in [0.2, 0.25) is 0 Å². The second-order valence-corrected chi connectivity index (χ2v) is 9.47. The fourth-order valence-electron chi connectivity index (χ4n) is 5.00. The van der Waals surface area contributed by atoms with Crippen LogP contribution in [0.4, 0.5) is 26.3 Å². The molecule has 1 amide bonds. The minimum Gasteiger partial charge on any atom is -0.378 e. The molecule has 2 saturated heterocycles. The van der Waals surface area contributed by atoms with Crippen LogP contribution >= 0.6 is 0 Å². The van der Waals surface area contributed by atoms with Crippen molar-refractivity contribution in [3.05, 3.63) is 46.5 Å². The lowest BCUT2D eigenvalue weighted by Gasteiger charge is -2.40. The van der Waals surface area contributed by atoms with Gasteiger partial charge in [0, 0.05) is 51.3 Å². The van der Waals surface area contributed by atoms with Crippen molar-refractivity contribution in [3.63, 3.8) is 0 Å². The lowest BCUT2D eigenvalue weighted by Crippen LogP contribution is -2.56. The van der Waals surface area contributed by atoms with Gasteiger partial charge in [0.15, 0.2) is 17.8 Å². The highest BCUT2D eigenvalue weighted by Crippen LogP contribution is 2.35. The molecular formula is C23H29F6N5O2. The Bertz CT molecular complexity index is 1010. The molecule has 4 rings (SSSR count). The lowest BCUT2D eigenvalue weighted by molar-refractivity contribution is -0.184. The van der Waals surface area contributed by atoms with Crippen LogP contribution in [0.15, 0.2) is 23.5 Å². The maximum absolute atomic E-state index is 14.0. The van der Waals surface area contributed by atoms with Gasteiger partial charge in [-0.15, -0.1) is 0 Å². The molecule has 1 aromatic rings. The van der Waals surface area contributed by atoms with E-state index < -0.39 is 48.0 Å². The van der Waals surface area contributed by atoms with Crippen LogP contribution in [0.5, 0.6) is 0 Å². The molecule has 7 nitrogen and oxygen atoms in total. The topological polar surface area (TPSA) is 85.1 Å². The van der Waals surface area contributed by atoms with Crippen LogP contribution in [-0.4, -0.2) is 83.0 Å². The molecule has 200 valence electrons. The third-order valence-electron chi connectivity index (χ3n) is 6.88. The van der Waals surface area contributed by atoms with Gasteiger partial charge >= 0.3 is 6.18 Å². The molecule has 36 heavy (non-hydrogen) atoms. The Labute approximate surface area is 204 Å². The molecule has 0 bridgehead atoms. The predicted molar refractivity (Wildman–Crippen MR) is 117 cm³/mol. The van der Waals surface area contributed by atoms with Gasteiger partial charge in [-0.2, -0.15) is 13.2 Å². The molecule has 0 aliphatic carbocycles. The molecule has 3 heterocycles. The number of alkyl halides is 3. The molecule has 4 N–H and O–H groups in total. The first-order chi connectivity index (χ1) is 17.0. The molecule has 0 spiro atoms. The molecular weight excluding hydrogens is 492 g/mol. The van der Waals surface area contributed by atoms with Crippen molar-refractivity contribution in [3.8, 4) is 0 Å². The summed E-state index contributed by atoms with van der Waals surface area (Å²) in [6.45, 7) is 0.789. The number of aliphatic hydroxyl groups excluding tert-OH is 1. The number of fused-ring (bicyclic) bond motifs is 1. The monoisotopic (exact) mass is 521 g/mol. The Morgan fingerprint density at radius 3 is 2.39 bits per heavy atom. The number of likely N-dealkylation sites (tertiary alicyclic amines) is 1. The Morgan fingerprint density at radius 1 is 1.06 bits per heavy atom. The summed E-state index contributed by atoms with van der Waals surface area (Å²) >= 11 is 0. The van der Waals surface area contributed by atoms with E-state index in [0.717, 1.165) is 24.2 Å². The average Bonchev–Trinajstić information content (AvgIpc) is 3.22. The highest BCUT2D eigenvalue weighted by molar-refractivity contribution is 5.94. The maximum atomic E-state index is 14.0. The zero-order valence-corrected chi connectivity index (χ0v) is 19.5. The third-order valence-corrected chi connectivity index (χ3v) is 6.88. The second-order valence-electron chi connectivity index (χ2n) is 9.47. The molecule has 3 aliphatic rings. The molecule has 1 aromatic carbocycles. The molecule has 3 unspecified atom stereocenters. The highest BCUT2D eigenvalue weighted by atomic mass is 19.4. The van der Waals surface area contributed by atoms with Crippen molar-refractivity contribution in [1.29, 1.82) is 0 Å². The number of amides is 1. The van der Waals surface area contributed by atoms with Crippen molar-refractivity contribution in [2.75, 3.05) is 32.7 Å². The SMILES string of the molecule is NC(Cc1cc(F)c(F)cc1F)CC(O)N1CCN2C(=C(C(=O)N3CCCCC3)NC2C(F)(F)F)C1. The summed E-state index contributed by atoms with van der Waals surface area (Å²) in [5.41, 5.74) is 5.90. The molecule has 3 aliphatic heterocycles. The van der Waals surface area contributed by atoms with Crippen molar-refractivity contribution < 1.29 is 36.2 Å². The van der Waals surface area contributed by atoms with Gasteiger partial charge < -0.3 is 26.0 Å². The third kappa shape index (κ3) is 5.57. The van der Waals surface area contributed by atoms with Crippen LogP contribution in [0.25, 0.3) is 0 Å². The molecule has 3 atom stereocenters. The van der Waals surface area contributed by atoms with E-state index in [1.165, 1.54) is 9.80 Å². The van der Waals surface area contributed by atoms with Gasteiger partial charge in [0.1, 0.15) is 17.7 Å². The zero-order chi connectivity index (χ0) is 26.2. The highest BCUT2D eigenvalue weighted by Gasteiger charge is 2.52. The number of carbonyl (C=O) groups excluding carboxylic acids is 1. The van der Waals surface area contributed by atoms with E-state index in [1.807, 2.05) is 0 Å². The molecule has 2 fully saturated rings. The summed E-state index contributed by atoms with van der Waals surface area (Å²) in [5, 5.41) is 13.1. The number of nitrogens with zero attached hydrogens (tertiary/aromatic N) is 3. The Hall–Kier alpha value is -2.51. The van der Waals surface area contributed by atoms with Gasteiger partial charge in [-0.3, -0.25) is 9.69 Å². The number of nitrogens with one attached hydrogen (secondary N) is 1. The number of aliphatic hydroxyl groups is 1. The summed E-state index contributed by atoms with van der Waals surface area (Å²) in [6.07, 6.45) is -5.63. The smallest absolute Gasteiger partial charge is 0.378 e. The van der Waals surface area contributed by atoms with E-state index in [2.05, 4.69) is 5.32 Å². The summed E-state index contributed by atoms with van der Waals surface area (Å²) in [6, 6.07) is 0.288. The van der Waals surface area contributed by atoms with E-state index >= 15 is 0 Å². The Morgan fingerprint density at radius 2 is 1.72 bits per heavy atom. The number of rotatable bonds is 6. The van der Waals surface area contributed by atoms with E-state index in [1.54, 1.807) is 0 Å². The number of hydrogen-bond donors (Lipinski definition) is 3. The van der Waals surface area contributed by atoms with Crippen molar-refractivity contribution in [2.24, 2.45) is 5.73 Å². The van der Waals surface area contributed by atoms with Crippen molar-refractivity contribution in [2.45, 2.75) is 56.7 Å². The minimum atomic E-state index is -4.62. The first-order valence-electron chi connectivity index (χ1n) is 11.9. The number of carbonyl (C=O) groups is 1. The second kappa shape index (κ2) is 10.5. The number of nitrogens with two attached hydrogens (primary N) is 1. The quantitative estimate of drug-likeness (QED) is 0.393. The largest absolute Gasteiger partial charge is 0.427 e. The van der Waals surface area contributed by atoms with Gasteiger partial charge in [-0.25, -0.2) is 13.2 Å². The van der Waals surface area contributed by atoms with Crippen LogP contribution in [0.3, 0.4) is 0 Å². The number of piperazine rings is 1. The number of halogens is 6. The van der Waals surface area contributed by atoms with Crippen LogP contribution in [0, 0.1) is 17.5 Å². The van der Waals surface area contributed by atoms with Gasteiger partial charge in [-0.1, -0.05) is 0 Å². The minimum absolute atomic E-state index is 0.0658. The fraction of sp³-hybridized carbons (Fsp3) is 0.609. The van der Waals surface area contributed by atoms with Crippen LogP contribution in [0.1, 0.15) is 31.2 Å². The Balaban J connectivity index is 1.47. The summed E-state index contributed by atoms with van der Waals surface area (Å²) in [5.74, 6) is -4.01. The van der Waals surface area contributed by atoms with Gasteiger partial charge in [-0.05, 0) is 37.3 Å². The number of benzene rings is 1. The normalized spacial score (nSPS) is 22.9. The van der Waals surface area contributed by atoms with Crippen LogP contribution < -0.4 is 11.1 Å². The number of piperidine rings is 1. The molecule has 13 heteroatoms. The number of hydrogen-bond acceptors (Lipinski definition) is 6. The first-order valence-corrected chi connectivity index (χ1v) is 11.9. The molecule has 0 aromatic heterocycles. The predicted octanol–water partition coefficient (Wildman–Crippen LogP) is 2.02. The van der Waals surface area contributed by atoms with Gasteiger partial charge in [0.05, 0.1) is 5.70 Å². The van der Waals surface area contributed by atoms with Crippen LogP contribution in [-0.2, 0) is 11.2 Å². The average molecular weight is 522 g/mol. The van der Waals surface area contributed by atoms with E-state index in [0.29, 0.717) is 25.2 Å². The molecule has 0 saturated carbocycles. The summed E-state index contributed by atoms with van der Waals surface area (Å²) in [4.78, 5) is 17.2.